The predicted molar refractivity (Wildman–Crippen MR) is 140 cm³/mol. The fourth-order valence-electron chi connectivity index (χ4n) is 4.31. The van der Waals surface area contributed by atoms with Gasteiger partial charge < -0.3 is 10.1 Å². The normalized spacial score (nSPS) is 12.2. The Balaban J connectivity index is 3.54. The van der Waals surface area contributed by atoms with Gasteiger partial charge in [-0.05, 0) is 38.8 Å². The van der Waals surface area contributed by atoms with E-state index in [1.807, 2.05) is 0 Å². The van der Waals surface area contributed by atoms with Gasteiger partial charge in [-0.1, -0.05) is 129 Å². The highest BCUT2D eigenvalue weighted by atomic mass is 16.4. The topological polar surface area (TPSA) is 35.8 Å². The van der Waals surface area contributed by atoms with Crippen LogP contribution in [0.1, 0.15) is 156 Å². The standard InChI is InChI=1S/C28H58N2O/c1-4-7-10-11-12-13-14-15-16-17-18-19-20-21-22-23-28(29-31)24-27-30(25-8-5-2)26-9-6-3/h31H,4-27H2,1-3H3. The maximum atomic E-state index is 9.38. The SMILES string of the molecule is CCCCCCCCCCCCCCCCCC(CCN(CCCC)CCCC)=NO. The van der Waals surface area contributed by atoms with Gasteiger partial charge in [0.2, 0.25) is 0 Å². The Labute approximate surface area is 196 Å². The number of hydrogen-bond acceptors (Lipinski definition) is 3. The third-order valence-electron chi connectivity index (χ3n) is 6.58. The van der Waals surface area contributed by atoms with Gasteiger partial charge >= 0.3 is 0 Å². The summed E-state index contributed by atoms with van der Waals surface area (Å²) in [4.78, 5) is 2.56. The van der Waals surface area contributed by atoms with Crippen molar-refractivity contribution in [1.82, 2.24) is 4.90 Å². The molecular weight excluding hydrogens is 380 g/mol. The van der Waals surface area contributed by atoms with Gasteiger partial charge in [0.1, 0.15) is 0 Å². The van der Waals surface area contributed by atoms with E-state index in [2.05, 4.69) is 30.8 Å². The van der Waals surface area contributed by atoms with Crippen LogP contribution in [0.15, 0.2) is 5.16 Å². The quantitative estimate of drug-likeness (QED) is 0.0666. The van der Waals surface area contributed by atoms with Crippen LogP contribution in [0.4, 0.5) is 0 Å². The van der Waals surface area contributed by atoms with E-state index >= 15 is 0 Å². The first kappa shape index (κ1) is 30.4. The minimum absolute atomic E-state index is 0.933. The molecule has 0 aromatic carbocycles. The molecular formula is C28H58N2O. The fourth-order valence-corrected chi connectivity index (χ4v) is 4.31. The second kappa shape index (κ2) is 25.7. The second-order valence-electron chi connectivity index (χ2n) is 9.66. The van der Waals surface area contributed by atoms with Crippen molar-refractivity contribution in [3.05, 3.63) is 0 Å². The molecule has 3 heteroatoms. The second-order valence-corrected chi connectivity index (χ2v) is 9.66. The number of rotatable bonds is 25. The summed E-state index contributed by atoms with van der Waals surface area (Å²) in [6.07, 6.45) is 27.9. The summed E-state index contributed by atoms with van der Waals surface area (Å²) in [6.45, 7) is 10.2. The average molecular weight is 439 g/mol. The van der Waals surface area contributed by atoms with Gasteiger partial charge in [-0.25, -0.2) is 0 Å². The maximum absolute atomic E-state index is 9.38. The van der Waals surface area contributed by atoms with Crippen LogP contribution in [-0.2, 0) is 0 Å². The summed E-state index contributed by atoms with van der Waals surface area (Å²) in [6, 6.07) is 0. The van der Waals surface area contributed by atoms with Crippen LogP contribution in [0.3, 0.4) is 0 Å². The zero-order valence-corrected chi connectivity index (χ0v) is 21.8. The van der Waals surface area contributed by atoms with E-state index in [1.165, 1.54) is 135 Å². The Morgan fingerprint density at radius 3 is 1.26 bits per heavy atom. The molecule has 1 N–H and O–H groups in total. The number of oxime groups is 1. The van der Waals surface area contributed by atoms with Crippen LogP contribution < -0.4 is 0 Å². The lowest BCUT2D eigenvalue weighted by Crippen LogP contribution is -2.28. The van der Waals surface area contributed by atoms with Crippen LogP contribution in [-0.4, -0.2) is 35.5 Å². The van der Waals surface area contributed by atoms with E-state index in [0.29, 0.717) is 0 Å². The van der Waals surface area contributed by atoms with Gasteiger partial charge in [-0.3, -0.25) is 0 Å². The van der Waals surface area contributed by atoms with Crippen LogP contribution in [0.25, 0.3) is 0 Å². The average Bonchev–Trinajstić information content (AvgIpc) is 2.79. The molecule has 0 aliphatic rings. The van der Waals surface area contributed by atoms with Crippen LogP contribution >= 0.6 is 0 Å². The summed E-state index contributed by atoms with van der Waals surface area (Å²) < 4.78 is 0. The van der Waals surface area contributed by atoms with Crippen molar-refractivity contribution in [2.24, 2.45) is 5.16 Å². The minimum Gasteiger partial charge on any atom is -0.411 e. The number of nitrogens with zero attached hydrogens (tertiary/aromatic N) is 2. The molecule has 0 fully saturated rings. The molecule has 31 heavy (non-hydrogen) atoms. The molecule has 0 rings (SSSR count). The van der Waals surface area contributed by atoms with Crippen LogP contribution in [0.2, 0.25) is 0 Å². The molecule has 0 saturated carbocycles. The highest BCUT2D eigenvalue weighted by molar-refractivity contribution is 5.83. The van der Waals surface area contributed by atoms with Gasteiger partial charge in [0.15, 0.2) is 0 Å². The summed E-state index contributed by atoms with van der Waals surface area (Å²) in [5, 5.41) is 13.0. The van der Waals surface area contributed by atoms with Crippen molar-refractivity contribution < 1.29 is 5.21 Å². The Morgan fingerprint density at radius 1 is 0.484 bits per heavy atom. The first-order valence-electron chi connectivity index (χ1n) is 14.2. The van der Waals surface area contributed by atoms with Gasteiger partial charge in [-0.2, -0.15) is 0 Å². The Kier molecular flexibility index (Phi) is 25.2. The van der Waals surface area contributed by atoms with E-state index in [-0.39, 0.29) is 0 Å². The highest BCUT2D eigenvalue weighted by Crippen LogP contribution is 2.14. The van der Waals surface area contributed by atoms with Crippen LogP contribution in [0.5, 0.6) is 0 Å². The minimum atomic E-state index is 0.933. The zero-order chi connectivity index (χ0) is 22.8. The van der Waals surface area contributed by atoms with Gasteiger partial charge in [0.25, 0.3) is 0 Å². The Bertz CT molecular complexity index is 362. The van der Waals surface area contributed by atoms with Crippen molar-refractivity contribution in [3.8, 4) is 0 Å². The summed E-state index contributed by atoms with van der Waals surface area (Å²) in [5.41, 5.74) is 1.01. The smallest absolute Gasteiger partial charge is 0.0583 e. The summed E-state index contributed by atoms with van der Waals surface area (Å²) in [5.74, 6) is 0. The molecule has 0 aromatic heterocycles. The molecule has 0 unspecified atom stereocenters. The highest BCUT2D eigenvalue weighted by Gasteiger charge is 2.07. The Hall–Kier alpha value is -0.570. The lowest BCUT2D eigenvalue weighted by molar-refractivity contribution is 0.269. The summed E-state index contributed by atoms with van der Waals surface area (Å²) in [7, 11) is 0. The predicted octanol–water partition coefficient (Wildman–Crippen LogP) is 9.37. The van der Waals surface area contributed by atoms with E-state index in [4.69, 9.17) is 0 Å². The van der Waals surface area contributed by atoms with Gasteiger partial charge in [0, 0.05) is 13.0 Å². The molecule has 0 aromatic rings. The van der Waals surface area contributed by atoms with Gasteiger partial charge in [0.05, 0.1) is 5.71 Å². The molecule has 0 aliphatic carbocycles. The van der Waals surface area contributed by atoms with Gasteiger partial charge in [-0.15, -0.1) is 0 Å². The summed E-state index contributed by atoms with van der Waals surface area (Å²) >= 11 is 0. The van der Waals surface area contributed by atoms with Crippen molar-refractivity contribution in [3.63, 3.8) is 0 Å². The van der Waals surface area contributed by atoms with E-state index in [1.54, 1.807) is 0 Å². The molecule has 0 saturated heterocycles. The van der Waals surface area contributed by atoms with Crippen molar-refractivity contribution in [2.75, 3.05) is 19.6 Å². The zero-order valence-electron chi connectivity index (χ0n) is 21.8. The molecule has 3 nitrogen and oxygen atoms in total. The molecule has 0 bridgehead atoms. The molecule has 0 atom stereocenters. The largest absolute Gasteiger partial charge is 0.411 e. The molecule has 0 spiro atoms. The third-order valence-corrected chi connectivity index (χ3v) is 6.58. The van der Waals surface area contributed by atoms with Crippen molar-refractivity contribution in [1.29, 1.82) is 0 Å². The number of unbranched alkanes of at least 4 members (excludes halogenated alkanes) is 16. The first-order chi connectivity index (χ1) is 15.3. The lowest BCUT2D eigenvalue weighted by Gasteiger charge is -2.22. The van der Waals surface area contributed by atoms with Crippen LogP contribution in [0, 0.1) is 0 Å². The Morgan fingerprint density at radius 2 is 0.871 bits per heavy atom. The third kappa shape index (κ3) is 22.4. The van der Waals surface area contributed by atoms with E-state index < -0.39 is 0 Å². The first-order valence-corrected chi connectivity index (χ1v) is 14.2. The molecule has 0 amide bonds. The number of hydrogen-bond donors (Lipinski definition) is 1. The molecule has 186 valence electrons. The van der Waals surface area contributed by atoms with E-state index in [0.717, 1.165) is 25.1 Å². The van der Waals surface area contributed by atoms with E-state index in [9.17, 15) is 5.21 Å². The fraction of sp³-hybridized carbons (Fsp3) is 0.964. The maximum Gasteiger partial charge on any atom is 0.0583 e. The molecule has 0 aliphatic heterocycles. The monoisotopic (exact) mass is 438 g/mol. The van der Waals surface area contributed by atoms with Crippen molar-refractivity contribution in [2.45, 2.75) is 156 Å². The van der Waals surface area contributed by atoms with Crippen molar-refractivity contribution >= 4 is 5.71 Å². The lowest BCUT2D eigenvalue weighted by atomic mass is 10.0. The molecule has 0 heterocycles. The molecule has 0 radical (unpaired) electrons.